The van der Waals surface area contributed by atoms with Gasteiger partial charge in [0.15, 0.2) is 5.69 Å². The van der Waals surface area contributed by atoms with Gasteiger partial charge in [0.1, 0.15) is 22.3 Å². The first-order valence-corrected chi connectivity index (χ1v) is 19.2. The van der Waals surface area contributed by atoms with Crippen LogP contribution in [0.15, 0.2) is 154 Å². The van der Waals surface area contributed by atoms with Gasteiger partial charge in [-0.15, -0.1) is 0 Å². The standard InChI is InChI=1S/C52H24N6O2/c1-55-41-22-32(57-43-15-7-3-12-34(43)38-25-49-40(24-45(38)57)36-14-6-10-18-48(36)59-49)20-30(27-53)51(41)29-19-31(28-54)52(42(21-29)56-2)58-44-16-8-4-11-33(44)37-23-39-35-13-5-9-17-47(35)60-50(39)26-46(37)58/h3-26H. The molecule has 0 saturated carbocycles. The molecule has 0 N–H and O–H groups in total. The van der Waals surface area contributed by atoms with E-state index >= 15 is 0 Å². The fraction of sp³-hybridized carbons (Fsp3) is 0. The summed E-state index contributed by atoms with van der Waals surface area (Å²) in [5.41, 5.74) is 9.23. The predicted molar refractivity (Wildman–Crippen MR) is 237 cm³/mol. The molecule has 4 heterocycles. The lowest BCUT2D eigenvalue weighted by molar-refractivity contribution is 0.669. The van der Waals surface area contributed by atoms with Crippen molar-refractivity contribution in [2.75, 3.05) is 0 Å². The summed E-state index contributed by atoms with van der Waals surface area (Å²) in [5, 5.41) is 29.5. The van der Waals surface area contributed by atoms with E-state index in [4.69, 9.17) is 22.0 Å². The summed E-state index contributed by atoms with van der Waals surface area (Å²) in [7, 11) is 0. The average molecular weight is 765 g/mol. The highest BCUT2D eigenvalue weighted by Crippen LogP contribution is 2.46. The summed E-state index contributed by atoms with van der Waals surface area (Å²) < 4.78 is 16.6. The van der Waals surface area contributed by atoms with Crippen molar-refractivity contribution in [3.05, 3.63) is 180 Å². The molecule has 0 atom stereocenters. The van der Waals surface area contributed by atoms with Crippen molar-refractivity contribution in [1.82, 2.24) is 9.13 Å². The van der Waals surface area contributed by atoms with Crippen molar-refractivity contribution < 1.29 is 8.83 Å². The van der Waals surface area contributed by atoms with Crippen LogP contribution in [0.3, 0.4) is 0 Å². The van der Waals surface area contributed by atoms with Crippen LogP contribution in [0, 0.1) is 35.8 Å². The number of para-hydroxylation sites is 4. The zero-order valence-electron chi connectivity index (χ0n) is 31.4. The number of hydrogen-bond acceptors (Lipinski definition) is 4. The fourth-order valence-electron chi connectivity index (χ4n) is 9.28. The Morgan fingerprint density at radius 1 is 0.433 bits per heavy atom. The minimum atomic E-state index is 0.207. The summed E-state index contributed by atoms with van der Waals surface area (Å²) >= 11 is 0. The van der Waals surface area contributed by atoms with Crippen molar-refractivity contribution in [2.45, 2.75) is 0 Å². The largest absolute Gasteiger partial charge is 0.456 e. The molecule has 8 heteroatoms. The van der Waals surface area contributed by atoms with Gasteiger partial charge in [0.05, 0.1) is 64.2 Å². The number of benzene rings is 8. The lowest BCUT2D eigenvalue weighted by atomic mass is 9.94. The molecule has 0 spiro atoms. The third-order valence-electron chi connectivity index (χ3n) is 11.8. The number of furan rings is 2. The van der Waals surface area contributed by atoms with Gasteiger partial charge in [-0.05, 0) is 72.3 Å². The molecule has 4 aromatic heterocycles. The van der Waals surface area contributed by atoms with Gasteiger partial charge >= 0.3 is 0 Å². The van der Waals surface area contributed by atoms with Crippen molar-refractivity contribution >= 4 is 98.9 Å². The fourth-order valence-corrected chi connectivity index (χ4v) is 9.28. The van der Waals surface area contributed by atoms with Crippen LogP contribution in [0.4, 0.5) is 11.4 Å². The molecule has 0 aliphatic carbocycles. The van der Waals surface area contributed by atoms with E-state index in [1.807, 2.05) is 102 Å². The van der Waals surface area contributed by atoms with E-state index in [0.717, 1.165) is 81.9 Å². The number of fused-ring (bicyclic) bond motifs is 12. The van der Waals surface area contributed by atoms with Crippen LogP contribution in [0.5, 0.6) is 0 Å². The van der Waals surface area contributed by atoms with E-state index in [2.05, 4.69) is 50.7 Å². The van der Waals surface area contributed by atoms with Gasteiger partial charge in [-0.2, -0.15) is 10.5 Å². The van der Waals surface area contributed by atoms with E-state index in [1.54, 1.807) is 24.3 Å². The quantitative estimate of drug-likeness (QED) is 0.167. The first-order chi connectivity index (χ1) is 29.6. The maximum atomic E-state index is 10.8. The minimum absolute atomic E-state index is 0.207. The molecule has 0 amide bonds. The highest BCUT2D eigenvalue weighted by molar-refractivity contribution is 6.19. The van der Waals surface area contributed by atoms with Crippen molar-refractivity contribution in [3.63, 3.8) is 0 Å². The smallest absolute Gasteiger partial charge is 0.212 e. The van der Waals surface area contributed by atoms with Crippen LogP contribution in [-0.4, -0.2) is 9.13 Å². The first kappa shape index (κ1) is 33.1. The maximum absolute atomic E-state index is 10.8. The number of nitrogens with zero attached hydrogens (tertiary/aromatic N) is 6. The lowest BCUT2D eigenvalue weighted by Crippen LogP contribution is -2.00. The van der Waals surface area contributed by atoms with Crippen LogP contribution in [0.1, 0.15) is 11.1 Å². The average Bonchev–Trinajstić information content (AvgIpc) is 4.03. The van der Waals surface area contributed by atoms with E-state index in [0.29, 0.717) is 28.1 Å². The molecule has 60 heavy (non-hydrogen) atoms. The van der Waals surface area contributed by atoms with Crippen LogP contribution in [0.25, 0.3) is 120 Å². The Bertz CT molecular complexity index is 4000. The second-order valence-electron chi connectivity index (χ2n) is 14.9. The SMILES string of the molecule is [C-]#[N+]c1cc(-n2c3ccccc3c3cc4oc5ccccc5c4cc32)cc(C#N)c1-c1cc(C#N)c(-n2c3ccccc3c3cc4c(cc32)oc2ccccc24)c([N+]#[C-])c1. The van der Waals surface area contributed by atoms with Gasteiger partial charge in [0, 0.05) is 60.4 Å². The number of rotatable bonds is 3. The first-order valence-electron chi connectivity index (χ1n) is 19.2. The van der Waals surface area contributed by atoms with Crippen LogP contribution in [-0.2, 0) is 0 Å². The molecule has 0 aliphatic heterocycles. The molecular formula is C52H24N6O2. The molecule has 274 valence electrons. The van der Waals surface area contributed by atoms with Gasteiger partial charge < -0.3 is 18.0 Å². The van der Waals surface area contributed by atoms with Crippen molar-refractivity contribution in [1.29, 1.82) is 10.5 Å². The predicted octanol–water partition coefficient (Wildman–Crippen LogP) is 14.2. The molecule has 8 nitrogen and oxygen atoms in total. The maximum Gasteiger partial charge on any atom is 0.212 e. The Labute approximate surface area is 340 Å². The zero-order valence-corrected chi connectivity index (χ0v) is 31.4. The molecule has 0 fully saturated rings. The molecular weight excluding hydrogens is 741 g/mol. The molecule has 12 rings (SSSR count). The molecule has 8 aromatic carbocycles. The summed E-state index contributed by atoms with van der Waals surface area (Å²) in [6, 6.07) is 51.8. The lowest BCUT2D eigenvalue weighted by Gasteiger charge is -2.17. The third-order valence-corrected chi connectivity index (χ3v) is 11.8. The second kappa shape index (κ2) is 12.2. The molecule has 0 saturated heterocycles. The van der Waals surface area contributed by atoms with E-state index in [9.17, 15) is 10.5 Å². The topological polar surface area (TPSA) is 92.4 Å². The number of nitriles is 2. The molecule has 0 radical (unpaired) electrons. The normalized spacial score (nSPS) is 11.6. The van der Waals surface area contributed by atoms with Crippen LogP contribution in [0.2, 0.25) is 0 Å². The molecule has 0 unspecified atom stereocenters. The Kier molecular flexibility index (Phi) is 6.73. The highest BCUT2D eigenvalue weighted by atomic mass is 16.3. The van der Waals surface area contributed by atoms with E-state index in [-0.39, 0.29) is 22.5 Å². The molecule has 0 bridgehead atoms. The second-order valence-corrected chi connectivity index (χ2v) is 14.9. The minimum Gasteiger partial charge on any atom is -0.456 e. The Hall–Kier alpha value is -9.08. The van der Waals surface area contributed by atoms with Crippen LogP contribution >= 0.6 is 0 Å². The van der Waals surface area contributed by atoms with Crippen molar-refractivity contribution in [3.8, 4) is 34.6 Å². The monoisotopic (exact) mass is 764 g/mol. The number of hydrogen-bond donors (Lipinski definition) is 0. The zero-order chi connectivity index (χ0) is 40.2. The summed E-state index contributed by atoms with van der Waals surface area (Å²) in [4.78, 5) is 7.97. The van der Waals surface area contributed by atoms with E-state index in [1.165, 1.54) is 0 Å². The summed E-state index contributed by atoms with van der Waals surface area (Å²) in [5.74, 6) is 0. The molecule has 0 aliphatic rings. The Morgan fingerprint density at radius 3 is 1.63 bits per heavy atom. The number of aromatic nitrogens is 2. The Balaban J connectivity index is 1.09. The van der Waals surface area contributed by atoms with Gasteiger partial charge in [0.2, 0.25) is 5.69 Å². The van der Waals surface area contributed by atoms with Crippen LogP contribution < -0.4 is 0 Å². The van der Waals surface area contributed by atoms with Crippen molar-refractivity contribution in [2.24, 2.45) is 0 Å². The van der Waals surface area contributed by atoms with Gasteiger partial charge in [-0.1, -0.05) is 72.8 Å². The summed E-state index contributed by atoms with van der Waals surface area (Å²) in [6.45, 7) is 16.9. The van der Waals surface area contributed by atoms with Gasteiger partial charge in [0.25, 0.3) is 0 Å². The third kappa shape index (κ3) is 4.45. The molecule has 12 aromatic rings. The summed E-state index contributed by atoms with van der Waals surface area (Å²) in [6.07, 6.45) is 0. The highest BCUT2D eigenvalue weighted by Gasteiger charge is 2.24. The van der Waals surface area contributed by atoms with Gasteiger partial charge in [-0.3, -0.25) is 0 Å². The Morgan fingerprint density at radius 2 is 0.983 bits per heavy atom. The van der Waals surface area contributed by atoms with E-state index < -0.39 is 0 Å². The van der Waals surface area contributed by atoms with Gasteiger partial charge in [-0.25, -0.2) is 9.69 Å².